The Morgan fingerprint density at radius 2 is 1.86 bits per heavy atom. The van der Waals surface area contributed by atoms with E-state index in [1.165, 1.54) is 30.2 Å². The minimum Gasteiger partial charge on any atom is -0.363 e. The van der Waals surface area contributed by atoms with Gasteiger partial charge in [0, 0.05) is 34.7 Å². The van der Waals surface area contributed by atoms with E-state index in [0.717, 1.165) is 6.07 Å². The summed E-state index contributed by atoms with van der Waals surface area (Å²) in [5, 5.41) is 3.04. The van der Waals surface area contributed by atoms with Crippen molar-refractivity contribution in [3.05, 3.63) is 65.9 Å². The van der Waals surface area contributed by atoms with Crippen LogP contribution in [0, 0.1) is 5.82 Å². The molecule has 144 valence electrons. The van der Waals surface area contributed by atoms with Crippen LogP contribution >= 0.6 is 11.8 Å². The molecule has 4 nitrogen and oxygen atoms in total. The van der Waals surface area contributed by atoms with E-state index in [4.69, 9.17) is 0 Å². The topological polar surface area (TPSA) is 50.7 Å². The van der Waals surface area contributed by atoms with Gasteiger partial charge in [0.25, 0.3) is 0 Å². The lowest BCUT2D eigenvalue weighted by molar-refractivity contribution is -0.141. The molecular formula is C19H14F4N4S. The van der Waals surface area contributed by atoms with E-state index < -0.39 is 11.9 Å². The number of nitrogens with one attached hydrogen (secondary N) is 1. The van der Waals surface area contributed by atoms with Crippen LogP contribution in [0.15, 0.2) is 53.7 Å². The number of pyridine rings is 1. The van der Waals surface area contributed by atoms with Crippen molar-refractivity contribution in [3.63, 3.8) is 0 Å². The van der Waals surface area contributed by atoms with Crippen LogP contribution in [0.3, 0.4) is 0 Å². The number of hydrogen-bond donors (Lipinski definition) is 1. The number of nitrogens with zero attached hydrogens (tertiary/aromatic N) is 3. The van der Waals surface area contributed by atoms with E-state index in [-0.39, 0.29) is 23.5 Å². The minimum absolute atomic E-state index is 0.0428. The molecule has 1 atom stereocenters. The molecule has 0 aliphatic carbocycles. The average Bonchev–Trinajstić information content (AvgIpc) is 2.69. The molecule has 3 aromatic rings. The zero-order valence-electron chi connectivity index (χ0n) is 14.4. The molecule has 0 amide bonds. The smallest absolute Gasteiger partial charge is 0.363 e. The Hall–Kier alpha value is -2.68. The molecule has 1 N–H and O–H groups in total. The maximum absolute atomic E-state index is 14.1. The molecule has 0 saturated heterocycles. The van der Waals surface area contributed by atoms with E-state index in [1.807, 2.05) is 0 Å². The van der Waals surface area contributed by atoms with Crippen molar-refractivity contribution in [3.8, 4) is 11.4 Å². The Kier molecular flexibility index (Phi) is 4.92. The molecule has 3 heterocycles. The first-order valence-corrected chi connectivity index (χ1v) is 9.45. The van der Waals surface area contributed by atoms with Crippen LogP contribution in [-0.2, 0) is 6.18 Å². The van der Waals surface area contributed by atoms with Gasteiger partial charge in [-0.2, -0.15) is 13.2 Å². The number of alkyl halides is 3. The van der Waals surface area contributed by atoms with Gasteiger partial charge in [-0.25, -0.2) is 14.4 Å². The van der Waals surface area contributed by atoms with Gasteiger partial charge in [-0.05, 0) is 30.2 Å². The van der Waals surface area contributed by atoms with Gasteiger partial charge in [0.05, 0.1) is 6.04 Å². The van der Waals surface area contributed by atoms with Crippen LogP contribution in [-0.4, -0.2) is 20.7 Å². The van der Waals surface area contributed by atoms with Crippen LogP contribution in [0.25, 0.3) is 11.4 Å². The zero-order valence-corrected chi connectivity index (χ0v) is 15.2. The van der Waals surface area contributed by atoms with Crippen molar-refractivity contribution in [1.29, 1.82) is 0 Å². The maximum Gasteiger partial charge on any atom is 0.433 e. The third kappa shape index (κ3) is 3.80. The third-order valence-electron chi connectivity index (χ3n) is 4.30. The highest BCUT2D eigenvalue weighted by Gasteiger charge is 2.34. The summed E-state index contributed by atoms with van der Waals surface area (Å²) >= 11 is 1.40. The zero-order chi connectivity index (χ0) is 19.7. The molecule has 0 spiro atoms. The minimum atomic E-state index is -4.62. The van der Waals surface area contributed by atoms with Crippen LogP contribution < -0.4 is 5.32 Å². The largest absolute Gasteiger partial charge is 0.433 e. The van der Waals surface area contributed by atoms with Crippen molar-refractivity contribution in [2.75, 3.05) is 11.1 Å². The Morgan fingerprint density at radius 3 is 2.61 bits per heavy atom. The number of rotatable bonds is 3. The average molecular weight is 406 g/mol. The van der Waals surface area contributed by atoms with Crippen LogP contribution in [0.1, 0.15) is 23.7 Å². The summed E-state index contributed by atoms with van der Waals surface area (Å²) in [5.74, 6) is 0.316. The number of hydrogen-bond acceptors (Lipinski definition) is 5. The van der Waals surface area contributed by atoms with E-state index in [1.54, 1.807) is 24.3 Å². The number of fused-ring (bicyclic) bond motifs is 1. The Labute approximate surface area is 162 Å². The molecule has 1 aliphatic rings. The fraction of sp³-hybridized carbons (Fsp3) is 0.211. The summed E-state index contributed by atoms with van der Waals surface area (Å²) in [5.41, 5.74) is 0.102. The molecule has 28 heavy (non-hydrogen) atoms. The molecule has 9 heteroatoms. The predicted molar refractivity (Wildman–Crippen MR) is 98.4 cm³/mol. The third-order valence-corrected chi connectivity index (χ3v) is 5.46. The van der Waals surface area contributed by atoms with Crippen LogP contribution in [0.2, 0.25) is 0 Å². The first-order valence-electron chi connectivity index (χ1n) is 8.46. The molecule has 2 aromatic heterocycles. The maximum atomic E-state index is 14.1. The van der Waals surface area contributed by atoms with Gasteiger partial charge in [0.15, 0.2) is 11.5 Å². The van der Waals surface area contributed by atoms with Crippen LogP contribution in [0.5, 0.6) is 0 Å². The second-order valence-corrected chi connectivity index (χ2v) is 7.29. The van der Waals surface area contributed by atoms with E-state index in [0.29, 0.717) is 28.2 Å². The second kappa shape index (κ2) is 7.38. The fourth-order valence-electron chi connectivity index (χ4n) is 3.01. The number of aromatic nitrogens is 3. The van der Waals surface area contributed by atoms with Gasteiger partial charge in [-0.3, -0.25) is 4.98 Å². The van der Waals surface area contributed by atoms with Gasteiger partial charge in [0.1, 0.15) is 11.6 Å². The molecule has 0 bridgehead atoms. The second-order valence-electron chi connectivity index (χ2n) is 6.19. The van der Waals surface area contributed by atoms with Gasteiger partial charge < -0.3 is 5.32 Å². The Bertz CT molecular complexity index is 995. The highest BCUT2D eigenvalue weighted by Crippen LogP contribution is 2.40. The van der Waals surface area contributed by atoms with Crippen molar-refractivity contribution >= 4 is 17.6 Å². The highest BCUT2D eigenvalue weighted by atomic mass is 32.2. The van der Waals surface area contributed by atoms with Crippen LogP contribution in [0.4, 0.5) is 23.4 Å². The Balaban J connectivity index is 1.74. The summed E-state index contributed by atoms with van der Waals surface area (Å²) in [6.45, 7) is 0. The molecule has 0 radical (unpaired) electrons. The lowest BCUT2D eigenvalue weighted by Crippen LogP contribution is -2.19. The summed E-state index contributed by atoms with van der Waals surface area (Å²) in [6.07, 6.45) is -1.06. The molecule has 1 aliphatic heterocycles. The lowest BCUT2D eigenvalue weighted by atomic mass is 10.0. The van der Waals surface area contributed by atoms with Gasteiger partial charge >= 0.3 is 6.18 Å². The summed E-state index contributed by atoms with van der Waals surface area (Å²) in [6, 6.07) is 8.37. The number of halogens is 4. The lowest BCUT2D eigenvalue weighted by Gasteiger charge is -2.27. The van der Waals surface area contributed by atoms with Crippen molar-refractivity contribution in [1.82, 2.24) is 15.0 Å². The van der Waals surface area contributed by atoms with E-state index in [9.17, 15) is 17.6 Å². The normalized spacial score (nSPS) is 16.5. The number of thioether (sulfide) groups is 1. The van der Waals surface area contributed by atoms with Gasteiger partial charge in [0.2, 0.25) is 0 Å². The first-order chi connectivity index (χ1) is 13.4. The molecule has 4 rings (SSSR count). The summed E-state index contributed by atoms with van der Waals surface area (Å²) in [7, 11) is 0. The SMILES string of the molecule is Fc1cccc2c1SCCC2Nc1cc(C(F)(F)F)nc(-c2ccncc2)n1. The van der Waals surface area contributed by atoms with Crippen molar-refractivity contribution in [2.24, 2.45) is 0 Å². The summed E-state index contributed by atoms with van der Waals surface area (Å²) in [4.78, 5) is 12.3. The molecule has 1 aromatic carbocycles. The fourth-order valence-corrected chi connectivity index (χ4v) is 4.15. The monoisotopic (exact) mass is 406 g/mol. The summed E-state index contributed by atoms with van der Waals surface area (Å²) < 4.78 is 54.1. The number of anilines is 1. The van der Waals surface area contributed by atoms with Gasteiger partial charge in [-0.15, -0.1) is 11.8 Å². The van der Waals surface area contributed by atoms with Crippen molar-refractivity contribution < 1.29 is 17.6 Å². The molecule has 0 fully saturated rings. The molecule has 0 saturated carbocycles. The quantitative estimate of drug-likeness (QED) is 0.595. The Morgan fingerprint density at radius 1 is 1.07 bits per heavy atom. The van der Waals surface area contributed by atoms with E-state index in [2.05, 4.69) is 20.3 Å². The van der Waals surface area contributed by atoms with Crippen molar-refractivity contribution in [2.45, 2.75) is 23.5 Å². The van der Waals surface area contributed by atoms with E-state index >= 15 is 0 Å². The molecule has 1 unspecified atom stereocenters. The predicted octanol–water partition coefficient (Wildman–Crippen LogP) is 5.35. The standard InChI is InChI=1S/C19H14F4N4S/c20-13-3-1-2-12-14(6-9-28-17(12)13)25-16-10-15(19(21,22)23)26-18(27-16)11-4-7-24-8-5-11/h1-5,7-8,10,14H,6,9H2,(H,25,26,27). The first kappa shape index (κ1) is 18.7. The molecular weight excluding hydrogens is 392 g/mol. The number of benzene rings is 1. The van der Waals surface area contributed by atoms with Gasteiger partial charge in [-0.1, -0.05) is 12.1 Å². The highest BCUT2D eigenvalue weighted by molar-refractivity contribution is 7.99.